The third kappa shape index (κ3) is 3.62. The standard InChI is InChI=1S/C20H17N3O4/c1-13(21-20(26)27)18-22-16-11-5-7-14(8-6-12-24)17(16)19(25)23(18)15-9-3-2-4-10-15/h2-13,21H,1H3,(H,26,27)/b8-6+. The van der Waals surface area contributed by atoms with Crippen LogP contribution in [0.2, 0.25) is 0 Å². The number of carbonyl (C=O) groups excluding carboxylic acids is 1. The van der Waals surface area contributed by atoms with Gasteiger partial charge in [-0.1, -0.05) is 36.4 Å². The Labute approximate surface area is 154 Å². The first-order chi connectivity index (χ1) is 13.0. The van der Waals surface area contributed by atoms with Crippen LogP contribution in [0.15, 0.2) is 59.4 Å². The first-order valence-electron chi connectivity index (χ1n) is 8.25. The molecule has 27 heavy (non-hydrogen) atoms. The van der Waals surface area contributed by atoms with Gasteiger partial charge in [-0.05, 0) is 36.8 Å². The van der Waals surface area contributed by atoms with E-state index in [0.717, 1.165) is 0 Å². The maximum absolute atomic E-state index is 13.3. The second-order valence-corrected chi connectivity index (χ2v) is 5.85. The Morgan fingerprint density at radius 2 is 1.93 bits per heavy atom. The molecule has 0 aliphatic carbocycles. The van der Waals surface area contributed by atoms with Gasteiger partial charge < -0.3 is 10.4 Å². The van der Waals surface area contributed by atoms with E-state index in [9.17, 15) is 14.4 Å². The maximum atomic E-state index is 13.3. The Hall–Kier alpha value is -3.74. The number of para-hydroxylation sites is 1. The van der Waals surface area contributed by atoms with Crippen molar-refractivity contribution in [2.24, 2.45) is 0 Å². The average Bonchev–Trinajstić information content (AvgIpc) is 2.66. The lowest BCUT2D eigenvalue weighted by Crippen LogP contribution is -2.32. The molecule has 2 aromatic carbocycles. The number of hydrogen-bond acceptors (Lipinski definition) is 4. The molecule has 0 spiro atoms. The van der Waals surface area contributed by atoms with Gasteiger partial charge in [0.05, 0.1) is 22.6 Å². The van der Waals surface area contributed by atoms with E-state index in [-0.39, 0.29) is 11.4 Å². The summed E-state index contributed by atoms with van der Waals surface area (Å²) in [5.74, 6) is 0.276. The van der Waals surface area contributed by atoms with E-state index in [2.05, 4.69) is 10.3 Å². The van der Waals surface area contributed by atoms with E-state index < -0.39 is 12.1 Å². The summed E-state index contributed by atoms with van der Waals surface area (Å²) in [6.07, 6.45) is 2.28. The molecule has 1 aromatic heterocycles. The van der Waals surface area contributed by atoms with Crippen molar-refractivity contribution in [1.29, 1.82) is 0 Å². The monoisotopic (exact) mass is 363 g/mol. The highest BCUT2D eigenvalue weighted by molar-refractivity contribution is 5.89. The molecule has 1 heterocycles. The van der Waals surface area contributed by atoms with Crippen LogP contribution in [0.3, 0.4) is 0 Å². The topological polar surface area (TPSA) is 101 Å². The third-order valence-electron chi connectivity index (χ3n) is 4.05. The Morgan fingerprint density at radius 3 is 2.59 bits per heavy atom. The second-order valence-electron chi connectivity index (χ2n) is 5.85. The number of nitrogens with zero attached hydrogens (tertiary/aromatic N) is 2. The zero-order valence-corrected chi connectivity index (χ0v) is 14.5. The molecule has 136 valence electrons. The number of hydrogen-bond donors (Lipinski definition) is 2. The summed E-state index contributed by atoms with van der Waals surface area (Å²) in [6.45, 7) is 1.62. The molecule has 0 radical (unpaired) electrons. The van der Waals surface area contributed by atoms with Crippen molar-refractivity contribution >= 4 is 29.4 Å². The lowest BCUT2D eigenvalue weighted by Gasteiger charge is -2.19. The minimum Gasteiger partial charge on any atom is -0.465 e. The SMILES string of the molecule is CC(NC(=O)O)c1nc2cccc(/C=C/C=O)c2c(=O)n1-c1ccccc1. The van der Waals surface area contributed by atoms with Crippen molar-refractivity contribution in [3.8, 4) is 5.69 Å². The van der Waals surface area contributed by atoms with E-state index in [1.54, 1.807) is 55.5 Å². The normalized spacial score (nSPS) is 12.2. The average molecular weight is 363 g/mol. The second kappa shape index (κ2) is 7.65. The van der Waals surface area contributed by atoms with Crippen molar-refractivity contribution in [3.05, 3.63) is 76.3 Å². The molecule has 1 unspecified atom stereocenters. The van der Waals surface area contributed by atoms with E-state index in [1.807, 2.05) is 6.07 Å². The number of nitrogens with one attached hydrogen (secondary N) is 1. The number of aromatic nitrogens is 2. The lowest BCUT2D eigenvalue weighted by molar-refractivity contribution is -0.104. The fourth-order valence-corrected chi connectivity index (χ4v) is 2.92. The third-order valence-corrected chi connectivity index (χ3v) is 4.05. The van der Waals surface area contributed by atoms with E-state index >= 15 is 0 Å². The molecule has 0 saturated heterocycles. The van der Waals surface area contributed by atoms with Gasteiger partial charge in [-0.2, -0.15) is 0 Å². The van der Waals surface area contributed by atoms with E-state index in [1.165, 1.54) is 10.6 Å². The molecule has 3 aromatic rings. The van der Waals surface area contributed by atoms with Crippen molar-refractivity contribution in [2.75, 3.05) is 0 Å². The Bertz CT molecular complexity index is 1090. The molecule has 0 fully saturated rings. The van der Waals surface area contributed by atoms with E-state index in [0.29, 0.717) is 28.4 Å². The van der Waals surface area contributed by atoms with Crippen LogP contribution in [0, 0.1) is 0 Å². The summed E-state index contributed by atoms with van der Waals surface area (Å²) in [5, 5.41) is 11.8. The number of carboxylic acid groups (broad SMARTS) is 1. The molecule has 0 aliphatic heterocycles. The lowest BCUT2D eigenvalue weighted by atomic mass is 10.1. The highest BCUT2D eigenvalue weighted by atomic mass is 16.4. The van der Waals surface area contributed by atoms with Crippen LogP contribution in [0.4, 0.5) is 4.79 Å². The van der Waals surface area contributed by atoms with Crippen LogP contribution in [0.1, 0.15) is 24.4 Å². The number of benzene rings is 2. The number of aldehydes is 1. The minimum atomic E-state index is -1.21. The zero-order valence-electron chi connectivity index (χ0n) is 14.5. The van der Waals surface area contributed by atoms with Gasteiger partial charge in [0.25, 0.3) is 5.56 Å². The first-order valence-corrected chi connectivity index (χ1v) is 8.25. The quantitative estimate of drug-likeness (QED) is 0.536. The molecule has 2 N–H and O–H groups in total. The van der Waals surface area contributed by atoms with Crippen molar-refractivity contribution < 1.29 is 14.7 Å². The van der Waals surface area contributed by atoms with Crippen molar-refractivity contribution in [2.45, 2.75) is 13.0 Å². The molecule has 1 amide bonds. The Balaban J connectivity index is 2.37. The molecular formula is C20H17N3O4. The first kappa shape index (κ1) is 18.1. The molecule has 7 heteroatoms. The maximum Gasteiger partial charge on any atom is 0.405 e. The Morgan fingerprint density at radius 1 is 1.19 bits per heavy atom. The summed E-state index contributed by atoms with van der Waals surface area (Å²) in [6, 6.07) is 13.3. The summed E-state index contributed by atoms with van der Waals surface area (Å²) < 4.78 is 1.39. The van der Waals surface area contributed by atoms with Gasteiger partial charge in [0.1, 0.15) is 12.1 Å². The number of allylic oxidation sites excluding steroid dienone is 1. The van der Waals surface area contributed by atoms with Gasteiger partial charge in [0.2, 0.25) is 0 Å². The molecule has 1 atom stereocenters. The fraction of sp³-hybridized carbons (Fsp3) is 0.100. The highest BCUT2D eigenvalue weighted by Gasteiger charge is 2.20. The van der Waals surface area contributed by atoms with Crippen LogP contribution >= 0.6 is 0 Å². The van der Waals surface area contributed by atoms with Crippen LogP contribution < -0.4 is 10.9 Å². The van der Waals surface area contributed by atoms with Gasteiger partial charge in [-0.15, -0.1) is 0 Å². The van der Waals surface area contributed by atoms with Crippen LogP contribution in [-0.4, -0.2) is 27.0 Å². The minimum absolute atomic E-state index is 0.276. The van der Waals surface area contributed by atoms with Gasteiger partial charge >= 0.3 is 6.09 Å². The predicted octanol–water partition coefficient (Wildman–Crippen LogP) is 2.93. The smallest absolute Gasteiger partial charge is 0.405 e. The van der Waals surface area contributed by atoms with Crippen LogP contribution in [0.25, 0.3) is 22.7 Å². The van der Waals surface area contributed by atoms with Crippen molar-refractivity contribution in [1.82, 2.24) is 14.9 Å². The number of fused-ring (bicyclic) bond motifs is 1. The predicted molar refractivity (Wildman–Crippen MR) is 102 cm³/mol. The summed E-state index contributed by atoms with van der Waals surface area (Å²) >= 11 is 0. The van der Waals surface area contributed by atoms with Gasteiger partial charge in [-0.25, -0.2) is 9.78 Å². The van der Waals surface area contributed by atoms with Gasteiger partial charge in [0, 0.05) is 0 Å². The van der Waals surface area contributed by atoms with Crippen LogP contribution in [-0.2, 0) is 4.79 Å². The number of rotatable bonds is 5. The molecule has 7 nitrogen and oxygen atoms in total. The largest absolute Gasteiger partial charge is 0.465 e. The van der Waals surface area contributed by atoms with Gasteiger partial charge in [-0.3, -0.25) is 14.2 Å². The van der Waals surface area contributed by atoms with E-state index in [4.69, 9.17) is 5.11 Å². The summed E-state index contributed by atoms with van der Waals surface area (Å²) in [4.78, 5) is 39.7. The molecule has 0 bridgehead atoms. The molecule has 0 aliphatic rings. The number of carbonyl (C=O) groups is 2. The fourth-order valence-electron chi connectivity index (χ4n) is 2.92. The summed E-state index contributed by atoms with van der Waals surface area (Å²) in [5.41, 5.74) is 1.22. The highest BCUT2D eigenvalue weighted by Crippen LogP contribution is 2.21. The van der Waals surface area contributed by atoms with Crippen LogP contribution in [0.5, 0.6) is 0 Å². The Kier molecular flexibility index (Phi) is 5.12. The van der Waals surface area contributed by atoms with Gasteiger partial charge in [0.15, 0.2) is 0 Å². The summed E-state index contributed by atoms with van der Waals surface area (Å²) in [7, 11) is 0. The molecule has 0 saturated carbocycles. The van der Waals surface area contributed by atoms with Crippen molar-refractivity contribution in [3.63, 3.8) is 0 Å². The molecular weight excluding hydrogens is 346 g/mol. The number of amides is 1. The molecule has 3 rings (SSSR count). The zero-order chi connectivity index (χ0) is 19.4.